The number of rotatable bonds is 6. The van der Waals surface area contributed by atoms with Crippen molar-refractivity contribution in [2.24, 2.45) is 5.73 Å². The quantitative estimate of drug-likeness (QED) is 0.736. The second-order valence-corrected chi connectivity index (χ2v) is 4.46. The fourth-order valence-corrected chi connectivity index (χ4v) is 1.67. The lowest BCUT2D eigenvalue weighted by molar-refractivity contribution is -0.139. The first-order valence-electron chi connectivity index (χ1n) is 6.02. The molecule has 0 unspecified atom stereocenters. The molecule has 0 aromatic carbocycles. The zero-order valence-corrected chi connectivity index (χ0v) is 10.8. The van der Waals surface area contributed by atoms with E-state index in [1.165, 1.54) is 0 Å². The molecule has 0 aromatic heterocycles. The van der Waals surface area contributed by atoms with Crippen LogP contribution in [0.4, 0.5) is 0 Å². The molecule has 3 heteroatoms. The maximum absolute atomic E-state index is 12.3. The SMILES string of the molecule is CCCN(C(=O)C(N)(CC)CC)C(C)C. The van der Waals surface area contributed by atoms with Gasteiger partial charge in [-0.05, 0) is 33.1 Å². The predicted molar refractivity (Wildman–Crippen MR) is 64.6 cm³/mol. The molecule has 0 atom stereocenters. The van der Waals surface area contributed by atoms with Crippen LogP contribution in [0.3, 0.4) is 0 Å². The molecule has 0 aliphatic rings. The summed E-state index contributed by atoms with van der Waals surface area (Å²) in [6, 6.07) is 0.235. The van der Waals surface area contributed by atoms with Crippen molar-refractivity contribution in [1.82, 2.24) is 4.90 Å². The van der Waals surface area contributed by atoms with Crippen LogP contribution in [-0.4, -0.2) is 28.9 Å². The maximum atomic E-state index is 12.3. The highest BCUT2D eigenvalue weighted by molar-refractivity contribution is 5.86. The fourth-order valence-electron chi connectivity index (χ4n) is 1.67. The molecule has 2 N–H and O–H groups in total. The van der Waals surface area contributed by atoms with Crippen LogP contribution in [0, 0.1) is 0 Å². The number of carbonyl (C=O) groups excluding carboxylic acids is 1. The van der Waals surface area contributed by atoms with Gasteiger partial charge in [-0.1, -0.05) is 20.8 Å². The summed E-state index contributed by atoms with van der Waals surface area (Å²) in [4.78, 5) is 14.2. The molecule has 90 valence electrons. The Morgan fingerprint density at radius 1 is 1.27 bits per heavy atom. The Morgan fingerprint density at radius 2 is 1.73 bits per heavy atom. The van der Waals surface area contributed by atoms with E-state index >= 15 is 0 Å². The van der Waals surface area contributed by atoms with Gasteiger partial charge in [0.25, 0.3) is 0 Å². The third-order valence-electron chi connectivity index (χ3n) is 3.04. The molecule has 0 saturated carbocycles. The molecular formula is C12H26N2O. The Hall–Kier alpha value is -0.570. The Labute approximate surface area is 94.0 Å². The Balaban J connectivity index is 4.75. The van der Waals surface area contributed by atoms with Gasteiger partial charge in [-0.15, -0.1) is 0 Å². The topological polar surface area (TPSA) is 46.3 Å². The van der Waals surface area contributed by atoms with E-state index in [1.54, 1.807) is 0 Å². The van der Waals surface area contributed by atoms with Crippen LogP contribution >= 0.6 is 0 Å². The van der Waals surface area contributed by atoms with Crippen molar-refractivity contribution in [3.8, 4) is 0 Å². The lowest BCUT2D eigenvalue weighted by atomic mass is 9.92. The summed E-state index contributed by atoms with van der Waals surface area (Å²) in [6.45, 7) is 10.9. The minimum Gasteiger partial charge on any atom is -0.339 e. The molecule has 0 bridgehead atoms. The Morgan fingerprint density at radius 3 is 2.00 bits per heavy atom. The normalized spacial score (nSPS) is 11.9. The monoisotopic (exact) mass is 214 g/mol. The Kier molecular flexibility index (Phi) is 5.88. The smallest absolute Gasteiger partial charge is 0.242 e. The van der Waals surface area contributed by atoms with Crippen molar-refractivity contribution in [3.05, 3.63) is 0 Å². The van der Waals surface area contributed by atoms with Crippen molar-refractivity contribution < 1.29 is 4.79 Å². The molecule has 0 aromatic rings. The van der Waals surface area contributed by atoms with E-state index in [-0.39, 0.29) is 11.9 Å². The highest BCUT2D eigenvalue weighted by Gasteiger charge is 2.34. The predicted octanol–water partition coefficient (Wildman–Crippen LogP) is 2.15. The average Bonchev–Trinajstić information content (AvgIpc) is 2.23. The van der Waals surface area contributed by atoms with E-state index in [0.717, 1.165) is 13.0 Å². The maximum Gasteiger partial charge on any atom is 0.242 e. The first-order valence-corrected chi connectivity index (χ1v) is 6.02. The lowest BCUT2D eigenvalue weighted by Gasteiger charge is -2.35. The first kappa shape index (κ1) is 14.4. The van der Waals surface area contributed by atoms with E-state index < -0.39 is 5.54 Å². The summed E-state index contributed by atoms with van der Waals surface area (Å²) in [6.07, 6.45) is 2.39. The minimum absolute atomic E-state index is 0.101. The highest BCUT2D eigenvalue weighted by Crippen LogP contribution is 2.17. The molecule has 0 aliphatic carbocycles. The molecule has 0 aliphatic heterocycles. The number of amides is 1. The van der Waals surface area contributed by atoms with Crippen LogP contribution in [-0.2, 0) is 4.79 Å². The van der Waals surface area contributed by atoms with Crippen molar-refractivity contribution in [3.63, 3.8) is 0 Å². The number of carbonyl (C=O) groups is 1. The molecule has 3 nitrogen and oxygen atoms in total. The van der Waals surface area contributed by atoms with Crippen LogP contribution in [0.1, 0.15) is 53.9 Å². The average molecular weight is 214 g/mol. The van der Waals surface area contributed by atoms with E-state index in [9.17, 15) is 4.79 Å². The number of nitrogens with zero attached hydrogens (tertiary/aromatic N) is 1. The molecule has 0 fully saturated rings. The van der Waals surface area contributed by atoms with Gasteiger partial charge in [0, 0.05) is 12.6 Å². The number of hydrogen-bond donors (Lipinski definition) is 1. The molecule has 0 spiro atoms. The summed E-state index contributed by atoms with van der Waals surface area (Å²) in [7, 11) is 0. The number of nitrogens with two attached hydrogens (primary N) is 1. The van der Waals surface area contributed by atoms with E-state index in [2.05, 4.69) is 6.92 Å². The first-order chi connectivity index (χ1) is 6.92. The Bertz CT molecular complexity index is 198. The van der Waals surface area contributed by atoms with Gasteiger partial charge < -0.3 is 10.6 Å². The lowest BCUT2D eigenvalue weighted by Crippen LogP contribution is -2.56. The summed E-state index contributed by atoms with van der Waals surface area (Å²) >= 11 is 0. The van der Waals surface area contributed by atoms with Crippen LogP contribution < -0.4 is 5.73 Å². The molecule has 0 rings (SSSR count). The van der Waals surface area contributed by atoms with Gasteiger partial charge in [0.15, 0.2) is 0 Å². The van der Waals surface area contributed by atoms with Crippen LogP contribution in [0.5, 0.6) is 0 Å². The second kappa shape index (κ2) is 6.11. The van der Waals surface area contributed by atoms with Gasteiger partial charge in [0.05, 0.1) is 5.54 Å². The van der Waals surface area contributed by atoms with Crippen LogP contribution in [0.2, 0.25) is 0 Å². The van der Waals surface area contributed by atoms with Gasteiger partial charge in [0.2, 0.25) is 5.91 Å². The minimum atomic E-state index is -0.667. The zero-order chi connectivity index (χ0) is 12.1. The number of hydrogen-bond acceptors (Lipinski definition) is 2. The summed E-state index contributed by atoms with van der Waals surface area (Å²) in [5.41, 5.74) is 5.45. The second-order valence-electron chi connectivity index (χ2n) is 4.46. The molecule has 1 amide bonds. The van der Waals surface area contributed by atoms with Gasteiger partial charge in [0.1, 0.15) is 0 Å². The summed E-state index contributed by atoms with van der Waals surface area (Å²) < 4.78 is 0. The van der Waals surface area contributed by atoms with Gasteiger partial charge in [-0.25, -0.2) is 0 Å². The van der Waals surface area contributed by atoms with E-state index in [4.69, 9.17) is 5.73 Å². The van der Waals surface area contributed by atoms with E-state index in [1.807, 2.05) is 32.6 Å². The van der Waals surface area contributed by atoms with Crippen molar-refractivity contribution in [1.29, 1.82) is 0 Å². The summed E-state index contributed by atoms with van der Waals surface area (Å²) in [5.74, 6) is 0.101. The molecule has 0 radical (unpaired) electrons. The molecular weight excluding hydrogens is 188 g/mol. The molecule has 0 heterocycles. The highest BCUT2D eigenvalue weighted by atomic mass is 16.2. The van der Waals surface area contributed by atoms with Gasteiger partial charge in [-0.2, -0.15) is 0 Å². The van der Waals surface area contributed by atoms with Crippen molar-refractivity contribution in [2.75, 3.05) is 6.54 Å². The zero-order valence-electron chi connectivity index (χ0n) is 10.8. The van der Waals surface area contributed by atoms with Gasteiger partial charge in [-0.3, -0.25) is 4.79 Å². The van der Waals surface area contributed by atoms with Crippen molar-refractivity contribution in [2.45, 2.75) is 65.5 Å². The van der Waals surface area contributed by atoms with Crippen LogP contribution in [0.25, 0.3) is 0 Å². The third-order valence-corrected chi connectivity index (χ3v) is 3.04. The fraction of sp³-hybridized carbons (Fsp3) is 0.917. The third kappa shape index (κ3) is 3.49. The largest absolute Gasteiger partial charge is 0.339 e. The molecule has 0 saturated heterocycles. The van der Waals surface area contributed by atoms with Crippen molar-refractivity contribution >= 4 is 5.91 Å². The molecule has 15 heavy (non-hydrogen) atoms. The van der Waals surface area contributed by atoms with Crippen LogP contribution in [0.15, 0.2) is 0 Å². The van der Waals surface area contributed by atoms with Gasteiger partial charge >= 0.3 is 0 Å². The summed E-state index contributed by atoms with van der Waals surface area (Å²) in [5, 5.41) is 0. The standard InChI is InChI=1S/C12H26N2O/c1-6-9-14(10(4)5)11(15)12(13,7-2)8-3/h10H,6-9,13H2,1-5H3. The van der Waals surface area contributed by atoms with E-state index in [0.29, 0.717) is 12.8 Å².